The third kappa shape index (κ3) is 1.33. The van der Waals surface area contributed by atoms with Gasteiger partial charge in [0.25, 0.3) is 0 Å². The van der Waals surface area contributed by atoms with Crippen LogP contribution in [0, 0.1) is 29.1 Å². The highest BCUT2D eigenvalue weighted by Gasteiger charge is 2.67. The second-order valence-electron chi connectivity index (χ2n) is 6.08. The Morgan fingerprint density at radius 1 is 1.36 bits per heavy atom. The van der Waals surface area contributed by atoms with Gasteiger partial charge in [0.2, 0.25) is 0 Å². The van der Waals surface area contributed by atoms with Gasteiger partial charge in [-0.05, 0) is 48.3 Å². The summed E-state index contributed by atoms with van der Waals surface area (Å²) in [6.45, 7) is 9.74. The minimum Gasteiger partial charge on any atom is -0.0654 e. The Hall–Kier alpha value is 0. The van der Waals surface area contributed by atoms with Crippen molar-refractivity contribution in [2.45, 2.75) is 59.8 Å². The average molecular weight is 194 g/mol. The van der Waals surface area contributed by atoms with Crippen LogP contribution in [-0.4, -0.2) is 0 Å². The van der Waals surface area contributed by atoms with E-state index < -0.39 is 0 Å². The summed E-state index contributed by atoms with van der Waals surface area (Å²) in [5.41, 5.74) is 0.835. The van der Waals surface area contributed by atoms with Crippen molar-refractivity contribution in [3.63, 3.8) is 0 Å². The van der Waals surface area contributed by atoms with Crippen LogP contribution < -0.4 is 0 Å². The summed E-state index contributed by atoms with van der Waals surface area (Å²) in [4.78, 5) is 0. The largest absolute Gasteiger partial charge is 0.0654 e. The van der Waals surface area contributed by atoms with Crippen LogP contribution in [0.2, 0.25) is 0 Å². The highest BCUT2D eigenvalue weighted by Crippen LogP contribution is 2.74. The minimum atomic E-state index is 0.835. The van der Waals surface area contributed by atoms with Crippen LogP contribution in [0.4, 0.5) is 0 Å². The molecule has 0 amide bonds. The van der Waals surface area contributed by atoms with Gasteiger partial charge >= 0.3 is 0 Å². The summed E-state index contributed by atoms with van der Waals surface area (Å²) in [5.74, 6) is 4.15. The molecule has 0 aromatic rings. The molecule has 14 heavy (non-hydrogen) atoms. The van der Waals surface area contributed by atoms with Crippen molar-refractivity contribution in [2.75, 3.05) is 0 Å². The molecule has 0 aromatic heterocycles. The first-order valence-corrected chi connectivity index (χ1v) is 6.63. The molecule has 2 aliphatic rings. The second-order valence-corrected chi connectivity index (χ2v) is 6.08. The molecule has 0 heterocycles. The molecular formula is C14H26. The van der Waals surface area contributed by atoms with E-state index in [0.717, 1.165) is 29.1 Å². The third-order valence-electron chi connectivity index (χ3n) is 5.40. The fourth-order valence-electron chi connectivity index (χ4n) is 4.22. The zero-order valence-corrected chi connectivity index (χ0v) is 10.3. The highest BCUT2D eigenvalue weighted by atomic mass is 14.7. The van der Waals surface area contributed by atoms with Gasteiger partial charge in [-0.15, -0.1) is 0 Å². The molecule has 82 valence electrons. The summed E-state index contributed by atoms with van der Waals surface area (Å²) in [5, 5.41) is 0. The quantitative estimate of drug-likeness (QED) is 0.618. The predicted octanol–water partition coefficient (Wildman–Crippen LogP) is 4.49. The molecular weight excluding hydrogens is 168 g/mol. The third-order valence-corrected chi connectivity index (χ3v) is 5.40. The standard InChI is InChI=1S/C14H26/c1-5-6-10(2)9-13-12(4)14(13)8-7-11(14)3/h10-13H,5-9H2,1-4H3. The summed E-state index contributed by atoms with van der Waals surface area (Å²) in [7, 11) is 0. The van der Waals surface area contributed by atoms with Crippen LogP contribution in [0.1, 0.15) is 59.8 Å². The Labute approximate surface area is 89.5 Å². The van der Waals surface area contributed by atoms with Gasteiger partial charge in [-0.2, -0.15) is 0 Å². The highest BCUT2D eigenvalue weighted by molar-refractivity contribution is 5.15. The zero-order chi connectivity index (χ0) is 10.3. The average Bonchev–Trinajstić information content (AvgIpc) is 2.72. The number of hydrogen-bond donors (Lipinski definition) is 0. The molecule has 2 saturated carbocycles. The normalized spacial score (nSPS) is 47.6. The molecule has 2 aliphatic carbocycles. The molecule has 0 radical (unpaired) electrons. The maximum absolute atomic E-state index is 2.50. The molecule has 2 fully saturated rings. The van der Waals surface area contributed by atoms with E-state index in [2.05, 4.69) is 27.7 Å². The Kier molecular flexibility index (Phi) is 2.66. The Morgan fingerprint density at radius 3 is 2.43 bits per heavy atom. The zero-order valence-electron chi connectivity index (χ0n) is 10.3. The Bertz CT molecular complexity index is 208. The van der Waals surface area contributed by atoms with E-state index in [-0.39, 0.29) is 0 Å². The van der Waals surface area contributed by atoms with Crippen LogP contribution in [0.15, 0.2) is 0 Å². The lowest BCUT2D eigenvalue weighted by molar-refractivity contribution is 0.128. The van der Waals surface area contributed by atoms with Crippen LogP contribution in [0.5, 0.6) is 0 Å². The van der Waals surface area contributed by atoms with E-state index >= 15 is 0 Å². The van der Waals surface area contributed by atoms with Gasteiger partial charge in [0, 0.05) is 0 Å². The lowest BCUT2D eigenvalue weighted by atomic mass is 9.68. The lowest BCUT2D eigenvalue weighted by Gasteiger charge is -2.37. The van der Waals surface area contributed by atoms with Crippen molar-refractivity contribution in [1.82, 2.24) is 0 Å². The van der Waals surface area contributed by atoms with Gasteiger partial charge in [-0.1, -0.05) is 40.5 Å². The first-order chi connectivity index (χ1) is 6.63. The molecule has 5 atom stereocenters. The molecule has 0 bridgehead atoms. The SMILES string of the molecule is CCCC(C)CC1C(C)C12CCC2C. The molecule has 0 nitrogen and oxygen atoms in total. The molecule has 0 aliphatic heterocycles. The fourth-order valence-corrected chi connectivity index (χ4v) is 4.22. The monoisotopic (exact) mass is 194 g/mol. The van der Waals surface area contributed by atoms with Gasteiger partial charge < -0.3 is 0 Å². The van der Waals surface area contributed by atoms with Crippen molar-refractivity contribution in [1.29, 1.82) is 0 Å². The van der Waals surface area contributed by atoms with Gasteiger partial charge in [-0.3, -0.25) is 0 Å². The van der Waals surface area contributed by atoms with Crippen molar-refractivity contribution in [3.05, 3.63) is 0 Å². The summed E-state index contributed by atoms with van der Waals surface area (Å²) >= 11 is 0. The van der Waals surface area contributed by atoms with E-state index in [0.29, 0.717) is 0 Å². The summed E-state index contributed by atoms with van der Waals surface area (Å²) < 4.78 is 0. The van der Waals surface area contributed by atoms with Crippen molar-refractivity contribution in [3.8, 4) is 0 Å². The van der Waals surface area contributed by atoms with Gasteiger partial charge in [0.1, 0.15) is 0 Å². The molecule has 0 saturated heterocycles. The van der Waals surface area contributed by atoms with Crippen LogP contribution in [0.3, 0.4) is 0 Å². The van der Waals surface area contributed by atoms with Crippen LogP contribution >= 0.6 is 0 Å². The fraction of sp³-hybridized carbons (Fsp3) is 1.00. The maximum atomic E-state index is 2.50. The van der Waals surface area contributed by atoms with Crippen molar-refractivity contribution in [2.24, 2.45) is 29.1 Å². The molecule has 0 N–H and O–H groups in total. The van der Waals surface area contributed by atoms with E-state index in [9.17, 15) is 0 Å². The van der Waals surface area contributed by atoms with Crippen molar-refractivity contribution < 1.29 is 0 Å². The molecule has 1 spiro atoms. The van der Waals surface area contributed by atoms with E-state index in [4.69, 9.17) is 0 Å². The first-order valence-electron chi connectivity index (χ1n) is 6.63. The van der Waals surface area contributed by atoms with E-state index in [1.54, 1.807) is 6.42 Å². The van der Waals surface area contributed by atoms with Crippen LogP contribution in [0.25, 0.3) is 0 Å². The molecule has 2 rings (SSSR count). The minimum absolute atomic E-state index is 0.835. The van der Waals surface area contributed by atoms with Crippen LogP contribution in [-0.2, 0) is 0 Å². The summed E-state index contributed by atoms with van der Waals surface area (Å²) in [6.07, 6.45) is 7.36. The van der Waals surface area contributed by atoms with Crippen molar-refractivity contribution >= 4 is 0 Å². The Morgan fingerprint density at radius 2 is 2.07 bits per heavy atom. The smallest absolute Gasteiger partial charge is 0.0212 e. The predicted molar refractivity (Wildman–Crippen MR) is 62.2 cm³/mol. The van der Waals surface area contributed by atoms with Gasteiger partial charge in [0.15, 0.2) is 0 Å². The number of hydrogen-bond acceptors (Lipinski definition) is 0. The first kappa shape index (κ1) is 10.5. The van der Waals surface area contributed by atoms with E-state index in [1.165, 1.54) is 25.7 Å². The number of rotatable bonds is 4. The van der Waals surface area contributed by atoms with E-state index in [1.807, 2.05) is 0 Å². The molecule has 0 heteroatoms. The van der Waals surface area contributed by atoms with Gasteiger partial charge in [-0.25, -0.2) is 0 Å². The topological polar surface area (TPSA) is 0 Å². The Balaban J connectivity index is 1.84. The lowest BCUT2D eigenvalue weighted by Crippen LogP contribution is -2.28. The molecule has 5 unspecified atom stereocenters. The molecule has 0 aromatic carbocycles. The summed E-state index contributed by atoms with van der Waals surface area (Å²) in [6, 6.07) is 0. The van der Waals surface area contributed by atoms with Gasteiger partial charge in [0.05, 0.1) is 0 Å². The second kappa shape index (κ2) is 3.54. The maximum Gasteiger partial charge on any atom is -0.0212 e.